The topological polar surface area (TPSA) is 38.7 Å². The molecular formula is C17H13N3. The second kappa shape index (κ2) is 5.89. The fourth-order valence-electron chi connectivity index (χ4n) is 2.01. The second-order valence-electron chi connectivity index (χ2n) is 4.24. The van der Waals surface area contributed by atoms with Crippen molar-refractivity contribution in [2.45, 2.75) is 0 Å². The highest BCUT2D eigenvalue weighted by molar-refractivity contribution is 6.03. The number of hydrogen-bond acceptors (Lipinski definition) is 3. The third-order valence-electron chi connectivity index (χ3n) is 2.92. The van der Waals surface area contributed by atoms with Crippen molar-refractivity contribution in [3.8, 4) is 0 Å². The molecule has 96 valence electrons. The lowest BCUT2D eigenvalue weighted by Gasteiger charge is -2.00. The maximum atomic E-state index is 4.37. The Labute approximate surface area is 117 Å². The first kappa shape index (κ1) is 12.2. The van der Waals surface area contributed by atoms with Crippen LogP contribution in [0.5, 0.6) is 0 Å². The number of fused-ring (bicyclic) bond motifs is 3. The van der Waals surface area contributed by atoms with Crippen molar-refractivity contribution in [1.29, 1.82) is 0 Å². The van der Waals surface area contributed by atoms with Gasteiger partial charge in [-0.3, -0.25) is 15.0 Å². The second-order valence-corrected chi connectivity index (χ2v) is 4.24. The molecule has 4 rings (SSSR count). The van der Waals surface area contributed by atoms with Gasteiger partial charge in [0.2, 0.25) is 0 Å². The number of aromatic nitrogens is 3. The third kappa shape index (κ3) is 2.62. The van der Waals surface area contributed by atoms with Gasteiger partial charge in [0.1, 0.15) is 0 Å². The molecule has 20 heavy (non-hydrogen) atoms. The summed E-state index contributed by atoms with van der Waals surface area (Å²) in [5.74, 6) is 0. The highest BCUT2D eigenvalue weighted by Crippen LogP contribution is 2.20. The first-order valence-corrected chi connectivity index (χ1v) is 6.38. The van der Waals surface area contributed by atoms with Crippen LogP contribution in [0.2, 0.25) is 0 Å². The summed E-state index contributed by atoms with van der Waals surface area (Å²) in [5, 5.41) is 2.28. The van der Waals surface area contributed by atoms with Gasteiger partial charge in [-0.05, 0) is 36.4 Å². The largest absolute Gasteiger partial charge is 0.265 e. The quantitative estimate of drug-likeness (QED) is 0.450. The summed E-state index contributed by atoms with van der Waals surface area (Å²) < 4.78 is 0. The number of nitrogens with zero attached hydrogens (tertiary/aromatic N) is 3. The summed E-state index contributed by atoms with van der Waals surface area (Å²) in [7, 11) is 0. The van der Waals surface area contributed by atoms with Gasteiger partial charge in [-0.2, -0.15) is 0 Å². The van der Waals surface area contributed by atoms with Crippen molar-refractivity contribution < 1.29 is 0 Å². The lowest BCUT2D eigenvalue weighted by molar-refractivity contribution is 1.33. The Morgan fingerprint density at radius 2 is 1.40 bits per heavy atom. The Hall–Kier alpha value is -2.81. The Morgan fingerprint density at radius 3 is 2.15 bits per heavy atom. The van der Waals surface area contributed by atoms with Crippen LogP contribution in [0.1, 0.15) is 0 Å². The van der Waals surface area contributed by atoms with Crippen LogP contribution in [-0.2, 0) is 0 Å². The lowest BCUT2D eigenvalue weighted by atomic mass is 10.1. The molecule has 0 amide bonds. The molecule has 3 aromatic heterocycles. The van der Waals surface area contributed by atoms with E-state index < -0.39 is 0 Å². The van der Waals surface area contributed by atoms with Crippen LogP contribution in [0.3, 0.4) is 0 Å². The monoisotopic (exact) mass is 259 g/mol. The van der Waals surface area contributed by atoms with Crippen LogP contribution in [0.25, 0.3) is 21.8 Å². The number of rotatable bonds is 0. The van der Waals surface area contributed by atoms with Gasteiger partial charge in [0.15, 0.2) is 0 Å². The Bertz CT molecular complexity index is 732. The standard InChI is InChI=1S/C12H8N2.C5H5N/c1-3-9-5-6-11-10(4-2-7-13-11)12(9)14-8-1;1-2-4-6-5-3-1/h1-8H;1-5H. The van der Waals surface area contributed by atoms with Gasteiger partial charge < -0.3 is 0 Å². The predicted molar refractivity (Wildman–Crippen MR) is 81.3 cm³/mol. The van der Waals surface area contributed by atoms with E-state index in [1.807, 2.05) is 42.6 Å². The molecule has 0 aliphatic heterocycles. The molecule has 0 fully saturated rings. The molecule has 0 atom stereocenters. The van der Waals surface area contributed by atoms with Crippen molar-refractivity contribution in [1.82, 2.24) is 15.0 Å². The van der Waals surface area contributed by atoms with Crippen LogP contribution in [-0.4, -0.2) is 15.0 Å². The van der Waals surface area contributed by atoms with Gasteiger partial charge >= 0.3 is 0 Å². The molecule has 1 aromatic carbocycles. The minimum absolute atomic E-state index is 0.999. The van der Waals surface area contributed by atoms with E-state index in [-0.39, 0.29) is 0 Å². The van der Waals surface area contributed by atoms with Crippen molar-refractivity contribution in [2.75, 3.05) is 0 Å². The fraction of sp³-hybridized carbons (Fsp3) is 0. The fourth-order valence-corrected chi connectivity index (χ4v) is 2.01. The molecule has 3 heteroatoms. The molecular weight excluding hydrogens is 246 g/mol. The molecule has 4 aromatic rings. The van der Waals surface area contributed by atoms with E-state index in [0.29, 0.717) is 0 Å². The van der Waals surface area contributed by atoms with E-state index in [1.165, 1.54) is 0 Å². The van der Waals surface area contributed by atoms with E-state index in [2.05, 4.69) is 33.2 Å². The molecule has 3 heterocycles. The van der Waals surface area contributed by atoms with Crippen molar-refractivity contribution in [2.24, 2.45) is 0 Å². The molecule has 0 unspecified atom stereocenters. The highest BCUT2D eigenvalue weighted by atomic mass is 14.7. The minimum Gasteiger partial charge on any atom is -0.265 e. The van der Waals surface area contributed by atoms with Crippen LogP contribution in [0.15, 0.2) is 79.4 Å². The molecule has 0 aliphatic carbocycles. The summed E-state index contributed by atoms with van der Waals surface area (Å²) in [5.41, 5.74) is 2.02. The van der Waals surface area contributed by atoms with Gasteiger partial charge in [0.25, 0.3) is 0 Å². The number of benzene rings is 1. The summed E-state index contributed by atoms with van der Waals surface area (Å²) >= 11 is 0. The predicted octanol–water partition coefficient (Wildman–Crippen LogP) is 3.86. The maximum Gasteiger partial charge on any atom is 0.0795 e. The number of hydrogen-bond donors (Lipinski definition) is 0. The molecule has 0 N–H and O–H groups in total. The summed E-state index contributed by atoms with van der Waals surface area (Å²) in [4.78, 5) is 12.4. The Kier molecular flexibility index (Phi) is 3.60. The van der Waals surface area contributed by atoms with Crippen LogP contribution >= 0.6 is 0 Å². The molecule has 0 radical (unpaired) electrons. The molecule has 0 saturated heterocycles. The molecule has 0 aliphatic rings. The van der Waals surface area contributed by atoms with E-state index in [9.17, 15) is 0 Å². The van der Waals surface area contributed by atoms with Gasteiger partial charge in [-0.1, -0.05) is 18.2 Å². The zero-order chi connectivity index (χ0) is 13.6. The minimum atomic E-state index is 0.999. The molecule has 0 saturated carbocycles. The number of pyridine rings is 3. The van der Waals surface area contributed by atoms with Gasteiger partial charge in [-0.15, -0.1) is 0 Å². The molecule has 3 nitrogen and oxygen atoms in total. The zero-order valence-electron chi connectivity index (χ0n) is 10.8. The van der Waals surface area contributed by atoms with Crippen molar-refractivity contribution in [3.05, 3.63) is 79.4 Å². The van der Waals surface area contributed by atoms with E-state index >= 15 is 0 Å². The van der Waals surface area contributed by atoms with Crippen LogP contribution in [0, 0.1) is 0 Å². The van der Waals surface area contributed by atoms with Gasteiger partial charge in [-0.25, -0.2) is 0 Å². The summed E-state index contributed by atoms with van der Waals surface area (Å²) in [6, 6.07) is 17.8. The van der Waals surface area contributed by atoms with Gasteiger partial charge in [0.05, 0.1) is 11.0 Å². The molecule has 0 bridgehead atoms. The maximum absolute atomic E-state index is 4.37. The van der Waals surface area contributed by atoms with Gasteiger partial charge in [0, 0.05) is 35.6 Å². The summed E-state index contributed by atoms with van der Waals surface area (Å²) in [6.45, 7) is 0. The first-order chi connectivity index (χ1) is 9.95. The molecule has 0 spiro atoms. The first-order valence-electron chi connectivity index (χ1n) is 6.38. The van der Waals surface area contributed by atoms with Crippen molar-refractivity contribution >= 4 is 21.8 Å². The van der Waals surface area contributed by atoms with E-state index in [4.69, 9.17) is 0 Å². The summed E-state index contributed by atoms with van der Waals surface area (Å²) in [6.07, 6.45) is 7.12. The van der Waals surface area contributed by atoms with E-state index in [1.54, 1.807) is 18.6 Å². The average molecular weight is 259 g/mol. The van der Waals surface area contributed by atoms with Crippen molar-refractivity contribution in [3.63, 3.8) is 0 Å². The van der Waals surface area contributed by atoms with E-state index in [0.717, 1.165) is 21.8 Å². The highest BCUT2D eigenvalue weighted by Gasteiger charge is 1.99. The lowest BCUT2D eigenvalue weighted by Crippen LogP contribution is -1.82. The normalized spacial score (nSPS) is 10.0. The smallest absolute Gasteiger partial charge is 0.0795 e. The van der Waals surface area contributed by atoms with Crippen LogP contribution < -0.4 is 0 Å². The average Bonchev–Trinajstić information content (AvgIpc) is 2.57. The Balaban J connectivity index is 0.000000170. The Morgan fingerprint density at radius 1 is 0.600 bits per heavy atom. The zero-order valence-corrected chi connectivity index (χ0v) is 10.8. The van der Waals surface area contributed by atoms with Crippen LogP contribution in [0.4, 0.5) is 0 Å². The third-order valence-corrected chi connectivity index (χ3v) is 2.92. The SMILES string of the molecule is c1ccncc1.c1cnc2c(c1)ccc1ncccc12.